The SMILES string of the molecule is Cc1ccc(C(=O)N2C[C@H]3C[C@H]3[C@@H]2C)c(-c2ccccc2)c1. The average Bonchev–Trinajstić information content (AvgIpc) is 3.25. The molecule has 0 spiro atoms. The highest BCUT2D eigenvalue weighted by Crippen LogP contribution is 2.49. The van der Waals surface area contributed by atoms with Gasteiger partial charge in [0.15, 0.2) is 0 Å². The van der Waals surface area contributed by atoms with Crippen molar-refractivity contribution in [3.8, 4) is 11.1 Å². The molecule has 0 radical (unpaired) electrons. The van der Waals surface area contributed by atoms with E-state index in [9.17, 15) is 4.79 Å². The van der Waals surface area contributed by atoms with Gasteiger partial charge in [-0.1, -0.05) is 48.0 Å². The van der Waals surface area contributed by atoms with E-state index in [0.29, 0.717) is 6.04 Å². The summed E-state index contributed by atoms with van der Waals surface area (Å²) < 4.78 is 0. The van der Waals surface area contributed by atoms with Crippen molar-refractivity contribution in [1.82, 2.24) is 4.90 Å². The number of benzene rings is 2. The summed E-state index contributed by atoms with van der Waals surface area (Å²) in [6.45, 7) is 5.22. The Labute approximate surface area is 131 Å². The van der Waals surface area contributed by atoms with Gasteiger partial charge < -0.3 is 4.90 Å². The average molecular weight is 291 g/mol. The normalized spacial score (nSPS) is 25.9. The molecule has 2 aliphatic rings. The van der Waals surface area contributed by atoms with Crippen LogP contribution in [0.5, 0.6) is 0 Å². The molecule has 1 heterocycles. The summed E-state index contributed by atoms with van der Waals surface area (Å²) in [4.78, 5) is 15.1. The van der Waals surface area contributed by atoms with E-state index in [2.05, 4.69) is 36.9 Å². The van der Waals surface area contributed by atoms with Gasteiger partial charge in [-0.25, -0.2) is 0 Å². The Balaban J connectivity index is 1.74. The van der Waals surface area contributed by atoms with Gasteiger partial charge in [0.1, 0.15) is 0 Å². The summed E-state index contributed by atoms with van der Waals surface area (Å²) >= 11 is 0. The summed E-state index contributed by atoms with van der Waals surface area (Å²) in [6.07, 6.45) is 1.31. The molecule has 1 aliphatic heterocycles. The van der Waals surface area contributed by atoms with E-state index in [-0.39, 0.29) is 5.91 Å². The molecular weight excluding hydrogens is 270 g/mol. The van der Waals surface area contributed by atoms with Gasteiger partial charge in [0, 0.05) is 18.2 Å². The minimum Gasteiger partial charge on any atom is -0.335 e. The molecule has 0 aromatic heterocycles. The molecule has 1 aliphatic carbocycles. The standard InChI is InChI=1S/C20H21NO/c1-13-8-9-17(19(10-13)15-6-4-3-5-7-15)20(22)21-12-16-11-18(16)14(21)2/h3-10,14,16,18H,11-12H2,1-2H3/t14-,16+,18-/m0/s1. The number of carbonyl (C=O) groups is 1. The van der Waals surface area contributed by atoms with Crippen LogP contribution < -0.4 is 0 Å². The lowest BCUT2D eigenvalue weighted by molar-refractivity contribution is 0.0721. The second kappa shape index (κ2) is 4.98. The minimum atomic E-state index is 0.193. The fourth-order valence-corrected chi connectivity index (χ4v) is 3.85. The van der Waals surface area contributed by atoms with Gasteiger partial charge in [-0.3, -0.25) is 4.79 Å². The van der Waals surface area contributed by atoms with Crippen molar-refractivity contribution in [3.63, 3.8) is 0 Å². The number of carbonyl (C=O) groups excluding carboxylic acids is 1. The highest BCUT2D eigenvalue weighted by molar-refractivity contribution is 6.01. The van der Waals surface area contributed by atoms with Crippen LogP contribution in [0.15, 0.2) is 48.5 Å². The minimum absolute atomic E-state index is 0.193. The van der Waals surface area contributed by atoms with Gasteiger partial charge in [-0.2, -0.15) is 0 Å². The Morgan fingerprint density at radius 2 is 1.91 bits per heavy atom. The summed E-state index contributed by atoms with van der Waals surface area (Å²) in [5.41, 5.74) is 4.20. The van der Waals surface area contributed by atoms with Crippen LogP contribution in [-0.2, 0) is 0 Å². The molecule has 2 aromatic carbocycles. The molecule has 1 saturated heterocycles. The first-order valence-corrected chi connectivity index (χ1v) is 8.12. The monoisotopic (exact) mass is 291 g/mol. The first kappa shape index (κ1) is 13.6. The Bertz CT molecular complexity index is 722. The Morgan fingerprint density at radius 1 is 1.14 bits per heavy atom. The van der Waals surface area contributed by atoms with Gasteiger partial charge >= 0.3 is 0 Å². The first-order chi connectivity index (χ1) is 10.6. The number of fused-ring (bicyclic) bond motifs is 1. The van der Waals surface area contributed by atoms with Gasteiger partial charge in [0.05, 0.1) is 0 Å². The van der Waals surface area contributed by atoms with E-state index in [1.54, 1.807) is 0 Å². The fourth-order valence-electron chi connectivity index (χ4n) is 3.85. The highest BCUT2D eigenvalue weighted by Gasteiger charge is 2.51. The molecule has 0 unspecified atom stereocenters. The van der Waals surface area contributed by atoms with Crippen LogP contribution in [0.25, 0.3) is 11.1 Å². The number of piperidine rings is 1. The largest absolute Gasteiger partial charge is 0.335 e. The second-order valence-corrected chi connectivity index (χ2v) is 6.77. The molecule has 3 atom stereocenters. The van der Waals surface area contributed by atoms with Crippen LogP contribution in [0.2, 0.25) is 0 Å². The van der Waals surface area contributed by atoms with Crippen molar-refractivity contribution >= 4 is 5.91 Å². The van der Waals surface area contributed by atoms with Crippen LogP contribution >= 0.6 is 0 Å². The molecule has 112 valence electrons. The van der Waals surface area contributed by atoms with E-state index in [0.717, 1.165) is 35.1 Å². The van der Waals surface area contributed by atoms with Crippen molar-refractivity contribution in [1.29, 1.82) is 0 Å². The Hall–Kier alpha value is -2.09. The van der Waals surface area contributed by atoms with E-state index < -0.39 is 0 Å². The molecule has 22 heavy (non-hydrogen) atoms. The van der Waals surface area contributed by atoms with Gasteiger partial charge in [-0.15, -0.1) is 0 Å². The van der Waals surface area contributed by atoms with Crippen molar-refractivity contribution < 1.29 is 4.79 Å². The number of hydrogen-bond donors (Lipinski definition) is 0. The zero-order valence-electron chi connectivity index (χ0n) is 13.1. The molecule has 0 bridgehead atoms. The zero-order chi connectivity index (χ0) is 15.3. The number of likely N-dealkylation sites (tertiary alicyclic amines) is 1. The maximum atomic E-state index is 13.1. The predicted molar refractivity (Wildman–Crippen MR) is 88.7 cm³/mol. The number of nitrogens with zero attached hydrogens (tertiary/aromatic N) is 1. The predicted octanol–water partition coefficient (Wildman–Crippen LogP) is 4.14. The number of hydrogen-bond acceptors (Lipinski definition) is 1. The van der Waals surface area contributed by atoms with Crippen LogP contribution in [0.1, 0.15) is 29.3 Å². The van der Waals surface area contributed by atoms with Gasteiger partial charge in [-0.05, 0) is 49.3 Å². The zero-order valence-corrected chi connectivity index (χ0v) is 13.1. The molecule has 2 fully saturated rings. The fraction of sp³-hybridized carbons (Fsp3) is 0.350. The lowest BCUT2D eigenvalue weighted by Gasteiger charge is -2.25. The molecule has 1 amide bonds. The number of rotatable bonds is 2. The molecule has 0 N–H and O–H groups in total. The maximum absolute atomic E-state index is 13.1. The third-order valence-corrected chi connectivity index (χ3v) is 5.27. The lowest BCUT2D eigenvalue weighted by Crippen LogP contribution is -2.36. The van der Waals surface area contributed by atoms with Crippen LogP contribution in [0, 0.1) is 18.8 Å². The second-order valence-electron chi connectivity index (χ2n) is 6.77. The van der Waals surface area contributed by atoms with Crippen LogP contribution in [0.4, 0.5) is 0 Å². The Kier molecular flexibility index (Phi) is 3.07. The van der Waals surface area contributed by atoms with Crippen molar-refractivity contribution in [2.75, 3.05) is 6.54 Å². The number of aryl methyl sites for hydroxylation is 1. The summed E-state index contributed by atoms with van der Waals surface area (Å²) in [5.74, 6) is 1.69. The smallest absolute Gasteiger partial charge is 0.254 e. The highest BCUT2D eigenvalue weighted by atomic mass is 16.2. The summed E-state index contributed by atoms with van der Waals surface area (Å²) in [6, 6.07) is 16.8. The van der Waals surface area contributed by atoms with Crippen molar-refractivity contribution in [3.05, 3.63) is 59.7 Å². The van der Waals surface area contributed by atoms with Crippen molar-refractivity contribution in [2.45, 2.75) is 26.3 Å². The van der Waals surface area contributed by atoms with Crippen LogP contribution in [0.3, 0.4) is 0 Å². The molecular formula is C20H21NO. The van der Waals surface area contributed by atoms with E-state index in [1.165, 1.54) is 12.0 Å². The first-order valence-electron chi connectivity index (χ1n) is 8.12. The number of amides is 1. The molecule has 1 saturated carbocycles. The maximum Gasteiger partial charge on any atom is 0.254 e. The third kappa shape index (κ3) is 2.14. The Morgan fingerprint density at radius 3 is 2.59 bits per heavy atom. The van der Waals surface area contributed by atoms with E-state index in [4.69, 9.17) is 0 Å². The molecule has 4 rings (SSSR count). The van der Waals surface area contributed by atoms with E-state index in [1.807, 2.05) is 30.3 Å². The molecule has 2 heteroatoms. The molecule has 2 nitrogen and oxygen atoms in total. The molecule has 2 aromatic rings. The van der Waals surface area contributed by atoms with E-state index >= 15 is 0 Å². The third-order valence-electron chi connectivity index (χ3n) is 5.27. The van der Waals surface area contributed by atoms with Crippen molar-refractivity contribution in [2.24, 2.45) is 11.8 Å². The lowest BCUT2D eigenvalue weighted by atomic mass is 9.96. The summed E-state index contributed by atoms with van der Waals surface area (Å²) in [5, 5.41) is 0. The topological polar surface area (TPSA) is 20.3 Å². The van der Waals surface area contributed by atoms with Gasteiger partial charge in [0.2, 0.25) is 0 Å². The quantitative estimate of drug-likeness (QED) is 0.814. The van der Waals surface area contributed by atoms with Crippen LogP contribution in [-0.4, -0.2) is 23.4 Å². The summed E-state index contributed by atoms with van der Waals surface area (Å²) in [7, 11) is 0. The van der Waals surface area contributed by atoms with Gasteiger partial charge in [0.25, 0.3) is 5.91 Å².